The Hall–Kier alpha value is -1.41. The highest BCUT2D eigenvalue weighted by molar-refractivity contribution is 5.86. The van der Waals surface area contributed by atoms with Crippen molar-refractivity contribution in [2.24, 2.45) is 0 Å². The second-order valence-electron chi connectivity index (χ2n) is 4.49. The first-order valence-corrected chi connectivity index (χ1v) is 7.51. The van der Waals surface area contributed by atoms with Crippen LogP contribution < -0.4 is 0 Å². The van der Waals surface area contributed by atoms with Crippen LogP contribution in [-0.2, 0) is 33.2 Å². The van der Waals surface area contributed by atoms with Crippen LogP contribution in [-0.4, -0.2) is 65.1 Å². The van der Waals surface area contributed by atoms with Gasteiger partial charge in [-0.15, -0.1) is 0 Å². The molecule has 0 saturated heterocycles. The van der Waals surface area contributed by atoms with Crippen LogP contribution in [0.15, 0.2) is 25.0 Å². The second-order valence-corrected chi connectivity index (χ2v) is 4.49. The van der Waals surface area contributed by atoms with Gasteiger partial charge in [0.1, 0.15) is 6.61 Å². The number of hydrogen-bond donors (Lipinski definition) is 0. The van der Waals surface area contributed by atoms with Gasteiger partial charge in [0, 0.05) is 5.57 Å². The predicted octanol–water partition coefficient (Wildman–Crippen LogP) is 1.68. The fourth-order valence-electron chi connectivity index (χ4n) is 1.31. The molecule has 0 aromatic rings. The fourth-order valence-corrected chi connectivity index (χ4v) is 1.31. The van der Waals surface area contributed by atoms with E-state index in [-0.39, 0.29) is 12.9 Å². The molecule has 23 heavy (non-hydrogen) atoms. The third kappa shape index (κ3) is 15.3. The third-order valence-electron chi connectivity index (χ3n) is 2.42. The summed E-state index contributed by atoms with van der Waals surface area (Å²) >= 11 is 0. The highest BCUT2D eigenvalue weighted by Crippen LogP contribution is 1.93. The summed E-state index contributed by atoms with van der Waals surface area (Å²) in [6.45, 7) is 13.6. The SMILES string of the molecule is C=COC(C)OCCOCCOCCOCCOC(=O)C(=C)C. The Morgan fingerprint density at radius 1 is 0.957 bits per heavy atom. The Morgan fingerprint density at radius 3 is 1.91 bits per heavy atom. The van der Waals surface area contributed by atoms with Crippen LogP contribution >= 0.6 is 0 Å². The van der Waals surface area contributed by atoms with Crippen LogP contribution in [0.2, 0.25) is 0 Å². The molecule has 0 radical (unpaired) electrons. The van der Waals surface area contributed by atoms with Gasteiger partial charge in [-0.3, -0.25) is 0 Å². The summed E-state index contributed by atoms with van der Waals surface area (Å²) in [4.78, 5) is 11.1. The van der Waals surface area contributed by atoms with E-state index in [0.717, 1.165) is 0 Å². The van der Waals surface area contributed by atoms with Crippen molar-refractivity contribution in [3.63, 3.8) is 0 Å². The van der Waals surface area contributed by atoms with Crippen molar-refractivity contribution in [1.29, 1.82) is 0 Å². The molecule has 0 amide bonds. The molecular weight excluding hydrogens is 304 g/mol. The van der Waals surface area contributed by atoms with E-state index in [1.807, 2.05) is 0 Å². The van der Waals surface area contributed by atoms with Gasteiger partial charge in [-0.1, -0.05) is 13.2 Å². The normalized spacial score (nSPS) is 11.7. The topological polar surface area (TPSA) is 72.5 Å². The maximum atomic E-state index is 11.1. The Labute approximate surface area is 138 Å². The van der Waals surface area contributed by atoms with E-state index < -0.39 is 5.97 Å². The number of hydrogen-bond acceptors (Lipinski definition) is 7. The van der Waals surface area contributed by atoms with E-state index in [2.05, 4.69) is 13.2 Å². The van der Waals surface area contributed by atoms with Crippen LogP contribution in [0.3, 0.4) is 0 Å². The van der Waals surface area contributed by atoms with Gasteiger partial charge in [-0.25, -0.2) is 4.79 Å². The molecule has 0 fully saturated rings. The van der Waals surface area contributed by atoms with Crippen molar-refractivity contribution in [3.05, 3.63) is 25.0 Å². The number of ether oxygens (including phenoxy) is 6. The monoisotopic (exact) mass is 332 g/mol. The van der Waals surface area contributed by atoms with Crippen molar-refractivity contribution < 1.29 is 33.2 Å². The molecule has 0 aromatic heterocycles. The average Bonchev–Trinajstić information content (AvgIpc) is 2.51. The van der Waals surface area contributed by atoms with Gasteiger partial charge in [0.15, 0.2) is 6.29 Å². The largest absolute Gasteiger partial charge is 0.473 e. The van der Waals surface area contributed by atoms with E-state index in [0.29, 0.717) is 51.8 Å². The van der Waals surface area contributed by atoms with Crippen LogP contribution in [0.4, 0.5) is 0 Å². The van der Waals surface area contributed by atoms with E-state index in [1.165, 1.54) is 6.26 Å². The van der Waals surface area contributed by atoms with Crippen molar-refractivity contribution in [3.8, 4) is 0 Å². The summed E-state index contributed by atoms with van der Waals surface area (Å²) in [5.41, 5.74) is 0.376. The molecule has 0 aliphatic rings. The molecule has 0 spiro atoms. The van der Waals surface area contributed by atoms with E-state index >= 15 is 0 Å². The van der Waals surface area contributed by atoms with Gasteiger partial charge in [0.05, 0.1) is 52.5 Å². The summed E-state index contributed by atoms with van der Waals surface area (Å²) < 4.78 is 31.0. The lowest BCUT2D eigenvalue weighted by molar-refractivity contribution is -0.140. The summed E-state index contributed by atoms with van der Waals surface area (Å²) in [5.74, 6) is -0.406. The minimum Gasteiger partial charge on any atom is -0.473 e. The molecule has 134 valence electrons. The standard InChI is InChI=1S/C16H28O7/c1-5-21-15(4)22-12-10-19-8-6-18-7-9-20-11-13-23-16(17)14(2)3/h5,15H,1-2,6-13H2,3-4H3. The molecule has 0 bridgehead atoms. The number of esters is 1. The number of carbonyl (C=O) groups excluding carboxylic acids is 1. The highest BCUT2D eigenvalue weighted by atomic mass is 16.7. The molecule has 0 saturated carbocycles. The molecule has 0 N–H and O–H groups in total. The zero-order chi connectivity index (χ0) is 17.3. The first-order chi connectivity index (χ1) is 11.1. The maximum Gasteiger partial charge on any atom is 0.333 e. The summed E-state index contributed by atoms with van der Waals surface area (Å²) in [6, 6.07) is 0. The smallest absolute Gasteiger partial charge is 0.333 e. The molecule has 1 atom stereocenters. The Bertz CT molecular complexity index is 330. The maximum absolute atomic E-state index is 11.1. The van der Waals surface area contributed by atoms with Gasteiger partial charge < -0.3 is 28.4 Å². The molecule has 0 aliphatic heterocycles. The molecule has 0 aromatic carbocycles. The molecule has 1 unspecified atom stereocenters. The van der Waals surface area contributed by atoms with Gasteiger partial charge >= 0.3 is 5.97 Å². The van der Waals surface area contributed by atoms with Crippen LogP contribution in [0.5, 0.6) is 0 Å². The summed E-state index contributed by atoms with van der Waals surface area (Å²) in [5, 5.41) is 0. The van der Waals surface area contributed by atoms with Gasteiger partial charge in [0.25, 0.3) is 0 Å². The minimum absolute atomic E-state index is 0.211. The van der Waals surface area contributed by atoms with Crippen molar-refractivity contribution >= 4 is 5.97 Å². The molecule has 0 aliphatic carbocycles. The third-order valence-corrected chi connectivity index (χ3v) is 2.42. The quantitative estimate of drug-likeness (QED) is 0.140. The van der Waals surface area contributed by atoms with Crippen molar-refractivity contribution in [1.82, 2.24) is 0 Å². The van der Waals surface area contributed by atoms with E-state index in [1.54, 1.807) is 13.8 Å². The van der Waals surface area contributed by atoms with Gasteiger partial charge in [-0.2, -0.15) is 0 Å². The average molecular weight is 332 g/mol. The summed E-state index contributed by atoms with van der Waals surface area (Å²) in [7, 11) is 0. The van der Waals surface area contributed by atoms with Crippen LogP contribution in [0, 0.1) is 0 Å². The van der Waals surface area contributed by atoms with Gasteiger partial charge in [0.2, 0.25) is 0 Å². The lowest BCUT2D eigenvalue weighted by Crippen LogP contribution is -2.16. The first kappa shape index (κ1) is 21.6. The molecule has 7 heteroatoms. The lowest BCUT2D eigenvalue weighted by Gasteiger charge is -2.12. The van der Waals surface area contributed by atoms with Crippen molar-refractivity contribution in [2.45, 2.75) is 20.1 Å². The first-order valence-electron chi connectivity index (χ1n) is 7.51. The number of rotatable bonds is 16. The van der Waals surface area contributed by atoms with Gasteiger partial charge in [-0.05, 0) is 13.8 Å². The predicted molar refractivity (Wildman–Crippen MR) is 84.9 cm³/mol. The Morgan fingerprint density at radius 2 is 1.43 bits per heavy atom. The Balaban J connectivity index is 3.15. The molecule has 0 heterocycles. The van der Waals surface area contributed by atoms with E-state index in [9.17, 15) is 4.79 Å². The second kappa shape index (κ2) is 15.5. The molecular formula is C16H28O7. The Kier molecular flexibility index (Phi) is 14.5. The zero-order valence-corrected chi connectivity index (χ0v) is 14.1. The summed E-state index contributed by atoms with van der Waals surface area (Å²) in [6.07, 6.45) is 1.02. The lowest BCUT2D eigenvalue weighted by atomic mass is 10.4. The van der Waals surface area contributed by atoms with Crippen LogP contribution in [0.25, 0.3) is 0 Å². The zero-order valence-electron chi connectivity index (χ0n) is 14.1. The van der Waals surface area contributed by atoms with Crippen molar-refractivity contribution in [2.75, 3.05) is 52.9 Å². The highest BCUT2D eigenvalue weighted by Gasteiger charge is 2.02. The number of carbonyl (C=O) groups is 1. The van der Waals surface area contributed by atoms with Crippen LogP contribution in [0.1, 0.15) is 13.8 Å². The molecule has 0 rings (SSSR count). The fraction of sp³-hybridized carbons (Fsp3) is 0.688. The minimum atomic E-state index is -0.406. The molecule has 7 nitrogen and oxygen atoms in total. The van der Waals surface area contributed by atoms with E-state index in [4.69, 9.17) is 28.4 Å².